The molecule has 1 heterocycles. The highest BCUT2D eigenvalue weighted by Gasteiger charge is 2.45. The van der Waals surface area contributed by atoms with Crippen LogP contribution in [-0.2, 0) is 25.6 Å². The first-order chi connectivity index (χ1) is 15.2. The number of anilines is 1. The minimum atomic E-state index is -0.870. The quantitative estimate of drug-likeness (QED) is 0.360. The van der Waals surface area contributed by atoms with Gasteiger partial charge in [-0.3, -0.25) is 19.2 Å². The summed E-state index contributed by atoms with van der Waals surface area (Å²) in [5, 5.41) is 0.576. The molecule has 0 aromatic heterocycles. The van der Waals surface area contributed by atoms with Crippen molar-refractivity contribution in [1.29, 1.82) is 0 Å². The van der Waals surface area contributed by atoms with Gasteiger partial charge in [0, 0.05) is 18.0 Å². The maximum absolute atomic E-state index is 13.3. The smallest absolute Gasteiger partial charge is 0.308 e. The maximum atomic E-state index is 13.3. The van der Waals surface area contributed by atoms with Crippen LogP contribution in [-0.4, -0.2) is 40.7 Å². The highest BCUT2D eigenvalue weighted by molar-refractivity contribution is 6.30. The van der Waals surface area contributed by atoms with Crippen molar-refractivity contribution in [2.24, 2.45) is 0 Å². The zero-order chi connectivity index (χ0) is 23.4. The summed E-state index contributed by atoms with van der Waals surface area (Å²) in [7, 11) is 0. The van der Waals surface area contributed by atoms with E-state index < -0.39 is 17.9 Å². The molecule has 168 valence electrons. The second-order valence-corrected chi connectivity index (χ2v) is 8.17. The molecule has 0 bridgehead atoms. The molecular weight excluding hydrogens is 432 g/mol. The Bertz CT molecular complexity index is 1020. The topological polar surface area (TPSA) is 84.0 Å². The van der Waals surface area contributed by atoms with Crippen molar-refractivity contribution in [1.82, 2.24) is 4.90 Å². The van der Waals surface area contributed by atoms with Gasteiger partial charge in [0.05, 0.1) is 18.5 Å². The first kappa shape index (κ1) is 23.5. The van der Waals surface area contributed by atoms with Gasteiger partial charge >= 0.3 is 5.97 Å². The Morgan fingerprint density at radius 1 is 1.12 bits per heavy atom. The summed E-state index contributed by atoms with van der Waals surface area (Å²) in [6, 6.07) is 12.0. The molecule has 0 spiro atoms. The number of nitrogens with zero attached hydrogens (tertiary/aromatic N) is 2. The summed E-state index contributed by atoms with van der Waals surface area (Å²) >= 11 is 5.92. The van der Waals surface area contributed by atoms with Crippen LogP contribution < -0.4 is 9.64 Å². The molecule has 3 amide bonds. The average Bonchev–Trinajstić information content (AvgIpc) is 3.03. The summed E-state index contributed by atoms with van der Waals surface area (Å²) in [6.07, 6.45) is 0.666. The zero-order valence-corrected chi connectivity index (χ0v) is 19.0. The Morgan fingerprint density at radius 3 is 2.31 bits per heavy atom. The van der Waals surface area contributed by atoms with Crippen LogP contribution >= 0.6 is 11.6 Å². The molecule has 0 saturated carbocycles. The molecule has 7 nitrogen and oxygen atoms in total. The van der Waals surface area contributed by atoms with Gasteiger partial charge in [-0.15, -0.1) is 0 Å². The van der Waals surface area contributed by atoms with E-state index in [1.54, 1.807) is 36.4 Å². The van der Waals surface area contributed by atoms with Gasteiger partial charge in [-0.1, -0.05) is 30.7 Å². The highest BCUT2D eigenvalue weighted by atomic mass is 35.5. The number of benzene rings is 2. The van der Waals surface area contributed by atoms with Crippen molar-refractivity contribution in [2.45, 2.75) is 52.1 Å². The summed E-state index contributed by atoms with van der Waals surface area (Å²) in [6.45, 7) is 5.09. The van der Waals surface area contributed by atoms with Gasteiger partial charge in [0.25, 0.3) is 5.91 Å². The Balaban J connectivity index is 1.82. The zero-order valence-electron chi connectivity index (χ0n) is 18.2. The van der Waals surface area contributed by atoms with E-state index in [9.17, 15) is 19.2 Å². The van der Waals surface area contributed by atoms with Crippen LogP contribution in [0, 0.1) is 0 Å². The van der Waals surface area contributed by atoms with Gasteiger partial charge in [-0.25, -0.2) is 4.90 Å². The van der Waals surface area contributed by atoms with E-state index in [1.807, 2.05) is 13.8 Å². The Morgan fingerprint density at radius 2 is 1.75 bits per heavy atom. The fraction of sp³-hybridized carbons (Fsp3) is 0.333. The van der Waals surface area contributed by atoms with Crippen molar-refractivity contribution in [3.63, 3.8) is 0 Å². The van der Waals surface area contributed by atoms with E-state index in [1.165, 1.54) is 24.0 Å². The van der Waals surface area contributed by atoms with Crippen molar-refractivity contribution in [3.05, 3.63) is 59.1 Å². The normalized spacial score (nSPS) is 16.8. The number of hydrogen-bond donors (Lipinski definition) is 0. The molecule has 2 atom stereocenters. The predicted octanol–water partition coefficient (Wildman–Crippen LogP) is 3.77. The Hall–Kier alpha value is -3.19. The first-order valence-electron chi connectivity index (χ1n) is 10.4. The molecule has 1 saturated heterocycles. The van der Waals surface area contributed by atoms with Crippen LogP contribution in [0.2, 0.25) is 5.02 Å². The van der Waals surface area contributed by atoms with E-state index in [2.05, 4.69) is 0 Å². The number of carbonyl (C=O) groups is 4. The third kappa shape index (κ3) is 5.16. The lowest BCUT2D eigenvalue weighted by molar-refractivity contribution is -0.140. The predicted molar refractivity (Wildman–Crippen MR) is 120 cm³/mol. The minimum absolute atomic E-state index is 0.0821. The highest BCUT2D eigenvalue weighted by Crippen LogP contribution is 2.29. The molecule has 1 fully saturated rings. The molecule has 0 aliphatic carbocycles. The van der Waals surface area contributed by atoms with Gasteiger partial charge in [0.2, 0.25) is 11.8 Å². The SMILES string of the molecule is CCC(C)N(C(=O)Cc1ccc(Cl)cc1)C1CC(=O)N(c2ccc(OC(C)=O)cc2)C1=O. The lowest BCUT2D eigenvalue weighted by atomic mass is 10.1. The number of esters is 1. The molecular formula is C24H25ClN2O5. The summed E-state index contributed by atoms with van der Waals surface area (Å²) in [5.74, 6) is -1.20. The van der Waals surface area contributed by atoms with E-state index >= 15 is 0 Å². The molecule has 2 unspecified atom stereocenters. The third-order valence-corrected chi connectivity index (χ3v) is 5.69. The van der Waals surface area contributed by atoms with E-state index in [0.717, 1.165) is 10.5 Å². The Labute approximate surface area is 191 Å². The maximum Gasteiger partial charge on any atom is 0.308 e. The van der Waals surface area contributed by atoms with E-state index in [4.69, 9.17) is 16.3 Å². The van der Waals surface area contributed by atoms with Crippen molar-refractivity contribution < 1.29 is 23.9 Å². The molecule has 8 heteroatoms. The molecule has 1 aliphatic rings. The van der Waals surface area contributed by atoms with Crippen molar-refractivity contribution in [3.8, 4) is 5.75 Å². The van der Waals surface area contributed by atoms with Crippen LogP contribution in [0.15, 0.2) is 48.5 Å². The van der Waals surface area contributed by atoms with Gasteiger partial charge in [-0.05, 0) is 55.3 Å². The largest absolute Gasteiger partial charge is 0.427 e. The minimum Gasteiger partial charge on any atom is -0.427 e. The average molecular weight is 457 g/mol. The number of halogens is 1. The summed E-state index contributed by atoms with van der Waals surface area (Å²) < 4.78 is 5.00. The van der Waals surface area contributed by atoms with Crippen molar-refractivity contribution >= 4 is 41.0 Å². The monoisotopic (exact) mass is 456 g/mol. The van der Waals surface area contributed by atoms with Crippen LogP contribution in [0.5, 0.6) is 5.75 Å². The van der Waals surface area contributed by atoms with Crippen LogP contribution in [0.3, 0.4) is 0 Å². The molecule has 1 aliphatic heterocycles. The standard InChI is InChI=1S/C24H25ClN2O5/c1-4-15(2)26(22(29)13-17-5-7-18(25)8-6-17)21-14-23(30)27(24(21)31)19-9-11-20(12-10-19)32-16(3)28/h5-12,15,21H,4,13-14H2,1-3H3. The fourth-order valence-electron chi connectivity index (χ4n) is 3.73. The number of imide groups is 1. The van der Waals surface area contributed by atoms with Gasteiger partial charge in [-0.2, -0.15) is 0 Å². The van der Waals surface area contributed by atoms with E-state index in [-0.39, 0.29) is 30.7 Å². The van der Waals surface area contributed by atoms with Gasteiger partial charge < -0.3 is 9.64 Å². The number of hydrogen-bond acceptors (Lipinski definition) is 5. The number of rotatable bonds is 7. The van der Waals surface area contributed by atoms with Crippen molar-refractivity contribution in [2.75, 3.05) is 4.90 Å². The molecule has 0 N–H and O–H groups in total. The molecule has 3 rings (SSSR count). The molecule has 32 heavy (non-hydrogen) atoms. The number of ether oxygens (including phenoxy) is 1. The lowest BCUT2D eigenvalue weighted by Crippen LogP contribution is -2.50. The summed E-state index contributed by atoms with van der Waals surface area (Å²) in [4.78, 5) is 52.9. The van der Waals surface area contributed by atoms with Crippen LogP contribution in [0.1, 0.15) is 39.2 Å². The second kappa shape index (κ2) is 9.96. The van der Waals surface area contributed by atoms with Crippen LogP contribution in [0.4, 0.5) is 5.69 Å². The van der Waals surface area contributed by atoms with Crippen LogP contribution in [0.25, 0.3) is 0 Å². The molecule has 2 aromatic carbocycles. The second-order valence-electron chi connectivity index (χ2n) is 7.74. The first-order valence-corrected chi connectivity index (χ1v) is 10.8. The number of amides is 3. The Kier molecular flexibility index (Phi) is 7.30. The number of carbonyl (C=O) groups excluding carboxylic acids is 4. The lowest BCUT2D eigenvalue weighted by Gasteiger charge is -2.33. The van der Waals surface area contributed by atoms with Gasteiger partial charge in [0.1, 0.15) is 11.8 Å². The third-order valence-electron chi connectivity index (χ3n) is 5.44. The summed E-state index contributed by atoms with van der Waals surface area (Å²) in [5.41, 5.74) is 1.15. The fourth-order valence-corrected chi connectivity index (χ4v) is 3.85. The van der Waals surface area contributed by atoms with Gasteiger partial charge in [0.15, 0.2) is 0 Å². The van der Waals surface area contributed by atoms with E-state index in [0.29, 0.717) is 22.9 Å². The molecule has 0 radical (unpaired) electrons. The molecule has 2 aromatic rings.